The Morgan fingerprint density at radius 1 is 1.33 bits per heavy atom. The van der Waals surface area contributed by atoms with Gasteiger partial charge in [0.15, 0.2) is 11.6 Å². The van der Waals surface area contributed by atoms with Gasteiger partial charge in [0.25, 0.3) is 0 Å². The smallest absolute Gasteiger partial charge is 0.349 e. The molecule has 0 aliphatic heterocycles. The topological polar surface area (TPSA) is 91.6 Å². The number of halogens is 1. The molecule has 2 N–H and O–H groups in total. The molecule has 0 aromatic carbocycles. The molecule has 96 valence electrons. The number of hydrogen-bond donors (Lipinski definition) is 1. The zero-order valence-corrected chi connectivity index (χ0v) is 9.66. The number of rotatable bonds is 5. The minimum absolute atomic E-state index is 0.362. The van der Waals surface area contributed by atoms with Crippen LogP contribution in [0.1, 0.15) is 12.8 Å². The summed E-state index contributed by atoms with van der Waals surface area (Å²) in [7, 11) is 0. The number of nitrogens with zero attached hydrogens (tertiary/aromatic N) is 5. The zero-order valence-electron chi connectivity index (χ0n) is 9.66. The van der Waals surface area contributed by atoms with E-state index < -0.39 is 11.5 Å². The van der Waals surface area contributed by atoms with Crippen molar-refractivity contribution in [2.24, 2.45) is 0 Å². The van der Waals surface area contributed by atoms with Crippen LogP contribution in [0, 0.1) is 5.82 Å². The van der Waals surface area contributed by atoms with Crippen molar-refractivity contribution in [1.82, 2.24) is 24.3 Å². The molecule has 2 aromatic rings. The number of hydrogen-bond acceptors (Lipinski definition) is 5. The van der Waals surface area contributed by atoms with E-state index in [9.17, 15) is 9.18 Å². The molecule has 0 aliphatic carbocycles. The maximum atomic E-state index is 13.1. The minimum Gasteiger partial charge on any atom is -0.381 e. The van der Waals surface area contributed by atoms with Crippen LogP contribution in [0.15, 0.2) is 23.6 Å². The quantitative estimate of drug-likeness (QED) is 0.758. The highest BCUT2D eigenvalue weighted by atomic mass is 19.1. The molecule has 0 amide bonds. The van der Waals surface area contributed by atoms with Crippen LogP contribution in [0.25, 0.3) is 0 Å². The molecule has 0 aliphatic rings. The largest absolute Gasteiger partial charge is 0.381 e. The Bertz CT molecular complexity index is 564. The van der Waals surface area contributed by atoms with Crippen LogP contribution in [-0.4, -0.2) is 24.3 Å². The van der Waals surface area contributed by atoms with Gasteiger partial charge in [0.1, 0.15) is 12.7 Å². The Balaban J connectivity index is 1.87. The van der Waals surface area contributed by atoms with E-state index in [1.165, 1.54) is 10.9 Å². The first kappa shape index (κ1) is 12.2. The highest BCUT2D eigenvalue weighted by Crippen LogP contribution is 2.02. The van der Waals surface area contributed by atoms with Gasteiger partial charge < -0.3 is 5.73 Å². The van der Waals surface area contributed by atoms with E-state index >= 15 is 0 Å². The van der Waals surface area contributed by atoms with Crippen LogP contribution in [-0.2, 0) is 13.1 Å². The molecule has 18 heavy (non-hydrogen) atoms. The fraction of sp³-hybridized carbons (Fsp3) is 0.400. The molecular weight excluding hydrogens is 239 g/mol. The van der Waals surface area contributed by atoms with Gasteiger partial charge in [-0.1, -0.05) is 0 Å². The summed E-state index contributed by atoms with van der Waals surface area (Å²) in [6, 6.07) is 0. The summed E-state index contributed by atoms with van der Waals surface area (Å²) in [6.07, 6.45) is 5.69. The normalized spacial score (nSPS) is 10.7. The lowest BCUT2D eigenvalue weighted by Gasteiger charge is -2.05. The first-order valence-corrected chi connectivity index (χ1v) is 5.51. The van der Waals surface area contributed by atoms with E-state index in [1.807, 2.05) is 0 Å². The molecular formula is C10H13FN6O. The second-order valence-electron chi connectivity index (χ2n) is 3.82. The van der Waals surface area contributed by atoms with Gasteiger partial charge in [0, 0.05) is 19.3 Å². The van der Waals surface area contributed by atoms with Gasteiger partial charge in [-0.05, 0) is 12.8 Å². The summed E-state index contributed by atoms with van der Waals surface area (Å²) >= 11 is 0. The number of unbranched alkanes of at least 4 members (excludes halogenated alkanes) is 1. The lowest BCUT2D eigenvalue weighted by Crippen LogP contribution is -2.24. The monoisotopic (exact) mass is 252 g/mol. The van der Waals surface area contributed by atoms with Crippen LogP contribution in [0.3, 0.4) is 0 Å². The molecule has 0 fully saturated rings. The van der Waals surface area contributed by atoms with E-state index in [4.69, 9.17) is 5.73 Å². The Hall–Kier alpha value is -2.25. The average molecular weight is 252 g/mol. The van der Waals surface area contributed by atoms with E-state index in [-0.39, 0.29) is 5.82 Å². The fourth-order valence-electron chi connectivity index (χ4n) is 1.54. The Labute approximate surface area is 102 Å². The third-order valence-corrected chi connectivity index (χ3v) is 2.48. The van der Waals surface area contributed by atoms with Crippen molar-refractivity contribution in [2.45, 2.75) is 25.9 Å². The van der Waals surface area contributed by atoms with Crippen LogP contribution in [0.5, 0.6) is 0 Å². The average Bonchev–Trinajstić information content (AvgIpc) is 2.84. The van der Waals surface area contributed by atoms with Crippen LogP contribution >= 0.6 is 0 Å². The van der Waals surface area contributed by atoms with Gasteiger partial charge in [-0.25, -0.2) is 14.2 Å². The number of anilines is 1. The summed E-state index contributed by atoms with van der Waals surface area (Å²) in [4.78, 5) is 18.6. The summed E-state index contributed by atoms with van der Waals surface area (Å²) in [6.45, 7) is 1.11. The van der Waals surface area contributed by atoms with Gasteiger partial charge >= 0.3 is 5.69 Å². The second-order valence-corrected chi connectivity index (χ2v) is 3.82. The Morgan fingerprint density at radius 2 is 2.11 bits per heavy atom. The lowest BCUT2D eigenvalue weighted by atomic mass is 10.3. The van der Waals surface area contributed by atoms with E-state index in [2.05, 4.69) is 15.1 Å². The summed E-state index contributed by atoms with van der Waals surface area (Å²) in [5.74, 6) is -1.04. The molecule has 2 rings (SSSR count). The fourth-order valence-corrected chi connectivity index (χ4v) is 1.54. The predicted molar refractivity (Wildman–Crippen MR) is 62.1 cm³/mol. The maximum Gasteiger partial charge on any atom is 0.349 e. The number of aryl methyl sites for hydroxylation is 2. The molecule has 0 saturated heterocycles. The van der Waals surface area contributed by atoms with Gasteiger partial charge in [-0.2, -0.15) is 10.1 Å². The molecule has 7 nitrogen and oxygen atoms in total. The first-order chi connectivity index (χ1) is 8.66. The molecule has 0 atom stereocenters. The Kier molecular flexibility index (Phi) is 3.66. The minimum atomic E-state index is -0.675. The second kappa shape index (κ2) is 5.39. The lowest BCUT2D eigenvalue weighted by molar-refractivity contribution is 0.500. The zero-order chi connectivity index (χ0) is 13.0. The number of nitrogens with two attached hydrogens (primary N) is 1. The molecule has 0 bridgehead atoms. The Morgan fingerprint density at radius 3 is 2.83 bits per heavy atom. The number of aromatic nitrogens is 5. The van der Waals surface area contributed by atoms with Crippen LogP contribution in [0.4, 0.5) is 10.2 Å². The molecule has 2 aromatic heterocycles. The standard InChI is InChI=1S/C10H13FN6O/c11-8-5-16(10(18)15-9(8)12)3-1-2-4-17-7-13-6-14-17/h5-7H,1-4H2,(H2,12,15,18). The molecule has 2 heterocycles. The first-order valence-electron chi connectivity index (χ1n) is 5.51. The third kappa shape index (κ3) is 2.90. The van der Waals surface area contributed by atoms with Crippen molar-refractivity contribution in [2.75, 3.05) is 5.73 Å². The van der Waals surface area contributed by atoms with Crippen LogP contribution in [0.2, 0.25) is 0 Å². The SMILES string of the molecule is Nc1nc(=O)n(CCCCn2cncn2)cc1F. The highest BCUT2D eigenvalue weighted by Gasteiger charge is 2.04. The van der Waals surface area contributed by atoms with Crippen molar-refractivity contribution in [3.63, 3.8) is 0 Å². The molecule has 0 unspecified atom stereocenters. The summed E-state index contributed by atoms with van der Waals surface area (Å²) in [5.41, 5.74) is 4.66. The van der Waals surface area contributed by atoms with Crippen molar-refractivity contribution >= 4 is 5.82 Å². The van der Waals surface area contributed by atoms with Crippen LogP contribution < -0.4 is 11.4 Å². The molecule has 0 spiro atoms. The summed E-state index contributed by atoms with van der Waals surface area (Å²) < 4.78 is 16.0. The van der Waals surface area contributed by atoms with E-state index in [0.29, 0.717) is 19.5 Å². The van der Waals surface area contributed by atoms with E-state index in [0.717, 1.165) is 12.6 Å². The maximum absolute atomic E-state index is 13.1. The van der Waals surface area contributed by atoms with Gasteiger partial charge in [-0.15, -0.1) is 0 Å². The van der Waals surface area contributed by atoms with Crippen molar-refractivity contribution in [3.8, 4) is 0 Å². The molecule has 0 radical (unpaired) electrons. The van der Waals surface area contributed by atoms with Crippen molar-refractivity contribution in [3.05, 3.63) is 35.2 Å². The molecule has 0 saturated carbocycles. The summed E-state index contributed by atoms with van der Waals surface area (Å²) in [5, 5.41) is 3.95. The van der Waals surface area contributed by atoms with Gasteiger partial charge in [0.05, 0.1) is 0 Å². The van der Waals surface area contributed by atoms with Crippen molar-refractivity contribution in [1.29, 1.82) is 0 Å². The van der Waals surface area contributed by atoms with Gasteiger partial charge in [0.2, 0.25) is 0 Å². The predicted octanol–water partition coefficient (Wildman–Crippen LogP) is 0.0365. The van der Waals surface area contributed by atoms with Gasteiger partial charge in [-0.3, -0.25) is 9.25 Å². The highest BCUT2D eigenvalue weighted by molar-refractivity contribution is 5.26. The van der Waals surface area contributed by atoms with Crippen molar-refractivity contribution < 1.29 is 4.39 Å². The third-order valence-electron chi connectivity index (χ3n) is 2.48. The number of nitrogen functional groups attached to an aromatic ring is 1. The van der Waals surface area contributed by atoms with E-state index in [1.54, 1.807) is 11.0 Å². The molecule has 8 heteroatoms.